The molecule has 0 unspecified atom stereocenters. The molecule has 0 N–H and O–H groups in total. The number of esters is 1. The molecule has 3 aromatic carbocycles. The van der Waals surface area contributed by atoms with Crippen LogP contribution in [-0.2, 0) is 4.74 Å². The fraction of sp³-hybridized carbons (Fsp3) is 0.0476. The maximum Gasteiger partial charge on any atom is 0.337 e. The van der Waals surface area contributed by atoms with Crippen LogP contribution in [0, 0.1) is 11.3 Å². The summed E-state index contributed by atoms with van der Waals surface area (Å²) in [5.41, 5.74) is 2.99. The Labute approximate surface area is 140 Å². The number of rotatable bonds is 3. The first-order valence-electron chi connectivity index (χ1n) is 7.51. The average molecular weight is 313 g/mol. The fourth-order valence-corrected chi connectivity index (χ4v) is 2.77. The van der Waals surface area contributed by atoms with E-state index >= 15 is 0 Å². The lowest BCUT2D eigenvalue weighted by atomic mass is 9.92. The van der Waals surface area contributed by atoms with E-state index in [2.05, 4.69) is 6.07 Å². The van der Waals surface area contributed by atoms with Gasteiger partial charge in [0.05, 0.1) is 18.7 Å². The van der Waals surface area contributed by atoms with Crippen molar-refractivity contribution < 1.29 is 9.53 Å². The van der Waals surface area contributed by atoms with Gasteiger partial charge in [-0.3, -0.25) is 0 Å². The summed E-state index contributed by atoms with van der Waals surface area (Å²) in [5.74, 6) is -0.397. The molecule has 0 radical (unpaired) electrons. The fourth-order valence-electron chi connectivity index (χ4n) is 2.77. The van der Waals surface area contributed by atoms with Crippen LogP contribution >= 0.6 is 0 Å². The SMILES string of the molecule is COC(=O)c1cccc(/C(=C/C#N)c2cccc3ccccc23)c1. The van der Waals surface area contributed by atoms with Gasteiger partial charge in [0.15, 0.2) is 0 Å². The highest BCUT2D eigenvalue weighted by Gasteiger charge is 2.12. The second-order valence-electron chi connectivity index (χ2n) is 5.29. The second kappa shape index (κ2) is 6.80. The van der Waals surface area contributed by atoms with Crippen molar-refractivity contribution in [1.82, 2.24) is 0 Å². The molecular formula is C21H15NO2. The molecule has 0 aliphatic carbocycles. The van der Waals surface area contributed by atoms with Gasteiger partial charge in [-0.2, -0.15) is 5.26 Å². The Balaban J connectivity index is 2.20. The smallest absolute Gasteiger partial charge is 0.337 e. The van der Waals surface area contributed by atoms with Gasteiger partial charge in [-0.1, -0.05) is 54.6 Å². The van der Waals surface area contributed by atoms with E-state index in [1.165, 1.54) is 13.2 Å². The molecule has 0 atom stereocenters. The van der Waals surface area contributed by atoms with Crippen molar-refractivity contribution in [3.8, 4) is 6.07 Å². The van der Waals surface area contributed by atoms with Gasteiger partial charge in [0, 0.05) is 6.08 Å². The van der Waals surface area contributed by atoms with E-state index < -0.39 is 5.97 Å². The highest BCUT2D eigenvalue weighted by Crippen LogP contribution is 2.30. The Morgan fingerprint density at radius 1 is 1.00 bits per heavy atom. The molecule has 0 spiro atoms. The van der Waals surface area contributed by atoms with Crippen LogP contribution in [0.25, 0.3) is 16.3 Å². The first-order chi connectivity index (χ1) is 11.7. The Bertz CT molecular complexity index is 975. The van der Waals surface area contributed by atoms with Crippen molar-refractivity contribution in [2.45, 2.75) is 0 Å². The standard InChI is InChI=1S/C21H15NO2/c1-24-21(23)17-9-4-8-16(14-17)19(12-13-22)20-11-5-7-15-6-2-3-10-18(15)20/h2-12,14H,1H3/b19-12-. The monoisotopic (exact) mass is 313 g/mol. The van der Waals surface area contributed by atoms with E-state index in [1.54, 1.807) is 18.2 Å². The summed E-state index contributed by atoms with van der Waals surface area (Å²) in [6, 6.07) is 23.2. The molecule has 0 saturated carbocycles. The summed E-state index contributed by atoms with van der Waals surface area (Å²) in [6.45, 7) is 0. The molecule has 3 heteroatoms. The third-order valence-electron chi connectivity index (χ3n) is 3.88. The van der Waals surface area contributed by atoms with Crippen molar-refractivity contribution in [2.75, 3.05) is 7.11 Å². The van der Waals surface area contributed by atoms with Crippen molar-refractivity contribution >= 4 is 22.3 Å². The number of hydrogen-bond acceptors (Lipinski definition) is 3. The molecule has 0 fully saturated rings. The Morgan fingerprint density at radius 3 is 2.50 bits per heavy atom. The maximum atomic E-state index is 11.8. The van der Waals surface area contributed by atoms with Crippen LogP contribution in [0.1, 0.15) is 21.5 Å². The van der Waals surface area contributed by atoms with E-state index in [9.17, 15) is 10.1 Å². The molecule has 0 aliphatic rings. The van der Waals surface area contributed by atoms with Crippen LogP contribution in [0.5, 0.6) is 0 Å². The molecule has 0 amide bonds. The first-order valence-corrected chi connectivity index (χ1v) is 7.51. The Hall–Kier alpha value is -3.38. The Kier molecular flexibility index (Phi) is 4.40. The lowest BCUT2D eigenvalue weighted by Gasteiger charge is -2.11. The zero-order chi connectivity index (χ0) is 16.9. The number of benzene rings is 3. The third kappa shape index (κ3) is 2.90. The predicted octanol–water partition coefficient (Wildman–Crippen LogP) is 4.58. The van der Waals surface area contributed by atoms with E-state index in [0.717, 1.165) is 27.5 Å². The van der Waals surface area contributed by atoms with Crippen LogP contribution in [0.3, 0.4) is 0 Å². The van der Waals surface area contributed by atoms with E-state index in [1.807, 2.05) is 48.5 Å². The molecule has 0 heterocycles. The highest BCUT2D eigenvalue weighted by atomic mass is 16.5. The lowest BCUT2D eigenvalue weighted by molar-refractivity contribution is 0.0600. The minimum Gasteiger partial charge on any atom is -0.465 e. The number of ether oxygens (including phenoxy) is 1. The molecule has 24 heavy (non-hydrogen) atoms. The van der Waals surface area contributed by atoms with Crippen LogP contribution in [-0.4, -0.2) is 13.1 Å². The largest absolute Gasteiger partial charge is 0.465 e. The van der Waals surface area contributed by atoms with Crippen LogP contribution in [0.4, 0.5) is 0 Å². The number of fused-ring (bicyclic) bond motifs is 1. The summed E-state index contributed by atoms with van der Waals surface area (Å²) < 4.78 is 4.78. The molecule has 3 aromatic rings. The topological polar surface area (TPSA) is 50.1 Å². The minimum absolute atomic E-state index is 0.397. The van der Waals surface area contributed by atoms with Gasteiger partial charge in [0.1, 0.15) is 0 Å². The first kappa shape index (κ1) is 15.5. The third-order valence-corrected chi connectivity index (χ3v) is 3.88. The van der Waals surface area contributed by atoms with Crippen molar-refractivity contribution in [2.24, 2.45) is 0 Å². The summed E-state index contributed by atoms with van der Waals surface area (Å²) >= 11 is 0. The average Bonchev–Trinajstić information content (AvgIpc) is 2.65. The van der Waals surface area contributed by atoms with E-state index in [4.69, 9.17) is 4.74 Å². The number of carbonyl (C=O) groups excluding carboxylic acids is 1. The number of carbonyl (C=O) groups is 1. The van der Waals surface area contributed by atoms with Crippen LogP contribution < -0.4 is 0 Å². The van der Waals surface area contributed by atoms with Gasteiger partial charge in [-0.15, -0.1) is 0 Å². The Morgan fingerprint density at radius 2 is 1.71 bits per heavy atom. The molecule has 0 saturated heterocycles. The van der Waals surface area contributed by atoms with Gasteiger partial charge in [-0.05, 0) is 39.6 Å². The number of nitrogens with zero attached hydrogens (tertiary/aromatic N) is 1. The molecule has 3 rings (SSSR count). The summed E-state index contributed by atoms with van der Waals surface area (Å²) in [6.07, 6.45) is 1.51. The van der Waals surface area contributed by atoms with Crippen molar-refractivity contribution in [1.29, 1.82) is 5.26 Å². The molecule has 0 aliphatic heterocycles. The van der Waals surface area contributed by atoms with E-state index in [0.29, 0.717) is 5.56 Å². The van der Waals surface area contributed by atoms with Gasteiger partial charge in [0.2, 0.25) is 0 Å². The number of hydrogen-bond donors (Lipinski definition) is 0. The molecule has 116 valence electrons. The van der Waals surface area contributed by atoms with Crippen LogP contribution in [0.15, 0.2) is 72.8 Å². The normalized spacial score (nSPS) is 11.1. The molecular weight excluding hydrogens is 298 g/mol. The summed E-state index contributed by atoms with van der Waals surface area (Å²) in [4.78, 5) is 11.8. The molecule has 0 aromatic heterocycles. The summed E-state index contributed by atoms with van der Waals surface area (Å²) in [7, 11) is 1.35. The number of nitriles is 1. The quantitative estimate of drug-likeness (QED) is 0.525. The molecule has 3 nitrogen and oxygen atoms in total. The second-order valence-corrected chi connectivity index (χ2v) is 5.29. The van der Waals surface area contributed by atoms with Crippen molar-refractivity contribution in [3.05, 3.63) is 89.5 Å². The summed E-state index contributed by atoms with van der Waals surface area (Å²) in [5, 5.41) is 11.4. The lowest BCUT2D eigenvalue weighted by Crippen LogP contribution is -2.01. The van der Waals surface area contributed by atoms with Gasteiger partial charge in [0.25, 0.3) is 0 Å². The minimum atomic E-state index is -0.397. The number of methoxy groups -OCH3 is 1. The van der Waals surface area contributed by atoms with Crippen molar-refractivity contribution in [3.63, 3.8) is 0 Å². The molecule has 0 bridgehead atoms. The van der Waals surface area contributed by atoms with Gasteiger partial charge < -0.3 is 4.74 Å². The zero-order valence-corrected chi connectivity index (χ0v) is 13.2. The van der Waals surface area contributed by atoms with E-state index in [-0.39, 0.29) is 0 Å². The van der Waals surface area contributed by atoms with Gasteiger partial charge in [-0.25, -0.2) is 4.79 Å². The van der Waals surface area contributed by atoms with Gasteiger partial charge >= 0.3 is 5.97 Å². The highest BCUT2D eigenvalue weighted by molar-refractivity contribution is 5.99. The van der Waals surface area contributed by atoms with Crippen LogP contribution in [0.2, 0.25) is 0 Å². The number of allylic oxidation sites excluding steroid dienone is 1. The maximum absolute atomic E-state index is 11.8. The zero-order valence-electron chi connectivity index (χ0n) is 13.2. The predicted molar refractivity (Wildman–Crippen MR) is 94.4 cm³/mol.